The summed E-state index contributed by atoms with van der Waals surface area (Å²) in [7, 11) is 0. The standard InChI is InChI=1S/C15H18BrN3S/c1-8-9(2)20-15-13(8)14(17-7-18-15)19-11-3-4-12(19)6-10(16)5-11/h7,10-12H,3-6H2,1-2H3. The number of thiophene rings is 1. The summed E-state index contributed by atoms with van der Waals surface area (Å²) in [5, 5.41) is 1.29. The molecular formula is C15H18BrN3S. The highest BCUT2D eigenvalue weighted by Crippen LogP contribution is 2.44. The van der Waals surface area contributed by atoms with E-state index < -0.39 is 0 Å². The van der Waals surface area contributed by atoms with Gasteiger partial charge in [0.05, 0.1) is 5.39 Å². The molecule has 5 heteroatoms. The second-order valence-electron chi connectivity index (χ2n) is 6.02. The Morgan fingerprint density at radius 2 is 1.90 bits per heavy atom. The van der Waals surface area contributed by atoms with E-state index in [0.29, 0.717) is 16.9 Å². The van der Waals surface area contributed by atoms with Crippen LogP contribution in [-0.2, 0) is 0 Å². The zero-order valence-corrected chi connectivity index (χ0v) is 14.2. The van der Waals surface area contributed by atoms with Crippen molar-refractivity contribution in [2.75, 3.05) is 4.90 Å². The van der Waals surface area contributed by atoms with Crippen molar-refractivity contribution in [2.45, 2.75) is 56.4 Å². The van der Waals surface area contributed by atoms with Crippen molar-refractivity contribution in [2.24, 2.45) is 0 Å². The maximum Gasteiger partial charge on any atom is 0.141 e. The van der Waals surface area contributed by atoms with Crippen molar-refractivity contribution in [3.8, 4) is 0 Å². The summed E-state index contributed by atoms with van der Waals surface area (Å²) < 4.78 is 0. The van der Waals surface area contributed by atoms with Crippen LogP contribution in [0.3, 0.4) is 0 Å². The average molecular weight is 352 g/mol. The summed E-state index contributed by atoms with van der Waals surface area (Å²) in [6.45, 7) is 4.39. The monoisotopic (exact) mass is 351 g/mol. The lowest BCUT2D eigenvalue weighted by Gasteiger charge is -2.38. The van der Waals surface area contributed by atoms with E-state index in [4.69, 9.17) is 0 Å². The van der Waals surface area contributed by atoms with Crippen LogP contribution in [0.4, 0.5) is 5.82 Å². The molecule has 2 atom stereocenters. The fraction of sp³-hybridized carbons (Fsp3) is 0.600. The van der Waals surface area contributed by atoms with Gasteiger partial charge in [-0.15, -0.1) is 11.3 Å². The number of piperidine rings is 1. The van der Waals surface area contributed by atoms with Gasteiger partial charge in [0, 0.05) is 21.8 Å². The van der Waals surface area contributed by atoms with Gasteiger partial charge in [-0.3, -0.25) is 0 Å². The van der Waals surface area contributed by atoms with Gasteiger partial charge >= 0.3 is 0 Å². The van der Waals surface area contributed by atoms with Crippen molar-refractivity contribution < 1.29 is 0 Å². The SMILES string of the molecule is Cc1sc2ncnc(N3C4CCC3CC(Br)C4)c2c1C. The molecule has 0 aliphatic carbocycles. The molecule has 4 rings (SSSR count). The van der Waals surface area contributed by atoms with E-state index >= 15 is 0 Å². The molecular weight excluding hydrogens is 334 g/mol. The number of hydrogen-bond acceptors (Lipinski definition) is 4. The number of rotatable bonds is 1. The van der Waals surface area contributed by atoms with Gasteiger partial charge in [-0.25, -0.2) is 9.97 Å². The molecule has 2 unspecified atom stereocenters. The fourth-order valence-corrected chi connectivity index (χ4v) is 5.67. The Hall–Kier alpha value is -0.680. The summed E-state index contributed by atoms with van der Waals surface area (Å²) in [4.78, 5) is 14.9. The lowest BCUT2D eigenvalue weighted by Crippen LogP contribution is -2.43. The molecule has 2 aromatic rings. The first-order valence-corrected chi connectivity index (χ1v) is 9.01. The van der Waals surface area contributed by atoms with Crippen LogP contribution >= 0.6 is 27.3 Å². The van der Waals surface area contributed by atoms with Crippen LogP contribution in [0.25, 0.3) is 10.2 Å². The molecule has 0 saturated carbocycles. The lowest BCUT2D eigenvalue weighted by atomic mass is 10.0. The second kappa shape index (κ2) is 4.67. The summed E-state index contributed by atoms with van der Waals surface area (Å²) in [5.74, 6) is 1.18. The van der Waals surface area contributed by atoms with E-state index in [1.807, 2.05) is 0 Å². The molecule has 0 amide bonds. The third kappa shape index (κ3) is 1.82. The predicted octanol–water partition coefficient (Wildman–Crippen LogP) is 4.20. The van der Waals surface area contributed by atoms with E-state index in [2.05, 4.69) is 44.6 Å². The first-order chi connectivity index (χ1) is 9.65. The highest BCUT2D eigenvalue weighted by atomic mass is 79.9. The number of anilines is 1. The van der Waals surface area contributed by atoms with E-state index in [0.717, 1.165) is 4.83 Å². The van der Waals surface area contributed by atoms with Crippen molar-refractivity contribution in [1.82, 2.24) is 9.97 Å². The van der Waals surface area contributed by atoms with E-state index in [1.165, 1.54) is 47.3 Å². The number of aromatic nitrogens is 2. The van der Waals surface area contributed by atoms with Gasteiger partial charge in [0.25, 0.3) is 0 Å². The van der Waals surface area contributed by atoms with Crippen LogP contribution in [0.15, 0.2) is 6.33 Å². The molecule has 0 N–H and O–H groups in total. The number of halogens is 1. The summed E-state index contributed by atoms with van der Waals surface area (Å²) in [6, 6.07) is 1.30. The second-order valence-corrected chi connectivity index (χ2v) is 8.52. The van der Waals surface area contributed by atoms with Crippen LogP contribution in [0, 0.1) is 13.8 Å². The Labute approximate surface area is 131 Å². The van der Waals surface area contributed by atoms with Crippen LogP contribution in [0.2, 0.25) is 0 Å². The van der Waals surface area contributed by atoms with Gasteiger partial charge < -0.3 is 4.90 Å². The van der Waals surface area contributed by atoms with E-state index in [-0.39, 0.29) is 0 Å². The van der Waals surface area contributed by atoms with Crippen molar-refractivity contribution in [3.63, 3.8) is 0 Å². The average Bonchev–Trinajstić information content (AvgIpc) is 2.85. The molecule has 2 saturated heterocycles. The van der Waals surface area contributed by atoms with Crippen LogP contribution < -0.4 is 4.90 Å². The lowest BCUT2D eigenvalue weighted by molar-refractivity contribution is 0.480. The number of nitrogens with zero attached hydrogens (tertiary/aromatic N) is 3. The maximum atomic E-state index is 4.68. The predicted molar refractivity (Wildman–Crippen MR) is 88.1 cm³/mol. The molecule has 0 aromatic carbocycles. The summed E-state index contributed by atoms with van der Waals surface area (Å²) in [6.07, 6.45) is 6.84. The molecule has 2 aromatic heterocycles. The van der Waals surface area contributed by atoms with Crippen molar-refractivity contribution in [3.05, 3.63) is 16.8 Å². The minimum absolute atomic E-state index is 0.649. The van der Waals surface area contributed by atoms with Crippen LogP contribution in [-0.4, -0.2) is 26.9 Å². The van der Waals surface area contributed by atoms with Crippen LogP contribution in [0.1, 0.15) is 36.1 Å². The first-order valence-electron chi connectivity index (χ1n) is 7.28. The van der Waals surface area contributed by atoms with Gasteiger partial charge in [0.1, 0.15) is 17.0 Å². The molecule has 4 heterocycles. The van der Waals surface area contributed by atoms with Gasteiger partial charge in [0.2, 0.25) is 0 Å². The molecule has 20 heavy (non-hydrogen) atoms. The van der Waals surface area contributed by atoms with E-state index in [1.54, 1.807) is 17.7 Å². The molecule has 0 radical (unpaired) electrons. The third-order valence-corrected chi connectivity index (χ3v) is 6.73. The highest BCUT2D eigenvalue weighted by molar-refractivity contribution is 9.09. The number of aryl methyl sites for hydroxylation is 2. The number of hydrogen-bond donors (Lipinski definition) is 0. The quantitative estimate of drug-likeness (QED) is 0.720. The molecule has 0 spiro atoms. The normalized spacial score (nSPS) is 29.4. The van der Waals surface area contributed by atoms with Gasteiger partial charge in [-0.1, -0.05) is 15.9 Å². The Bertz CT molecular complexity index is 654. The Morgan fingerprint density at radius 3 is 2.60 bits per heavy atom. The van der Waals surface area contributed by atoms with Crippen molar-refractivity contribution >= 4 is 43.3 Å². The number of alkyl halides is 1. The Balaban J connectivity index is 1.87. The molecule has 2 aliphatic rings. The highest BCUT2D eigenvalue weighted by Gasteiger charge is 2.41. The third-order valence-electron chi connectivity index (χ3n) is 4.87. The van der Waals surface area contributed by atoms with Gasteiger partial charge in [0.15, 0.2) is 0 Å². The molecule has 2 fully saturated rings. The van der Waals surface area contributed by atoms with E-state index in [9.17, 15) is 0 Å². The minimum Gasteiger partial charge on any atom is -0.350 e. The van der Waals surface area contributed by atoms with Gasteiger partial charge in [-0.05, 0) is 45.1 Å². The largest absolute Gasteiger partial charge is 0.350 e. The fourth-order valence-electron chi connectivity index (χ4n) is 3.82. The minimum atomic E-state index is 0.649. The summed E-state index contributed by atoms with van der Waals surface area (Å²) >= 11 is 5.61. The molecule has 3 nitrogen and oxygen atoms in total. The van der Waals surface area contributed by atoms with Gasteiger partial charge in [-0.2, -0.15) is 0 Å². The maximum absolute atomic E-state index is 4.68. The zero-order valence-electron chi connectivity index (χ0n) is 11.8. The molecule has 2 bridgehead atoms. The summed E-state index contributed by atoms with van der Waals surface area (Å²) in [5.41, 5.74) is 1.36. The Morgan fingerprint density at radius 1 is 1.20 bits per heavy atom. The molecule has 2 aliphatic heterocycles. The first kappa shape index (κ1) is 13.0. The van der Waals surface area contributed by atoms with Crippen molar-refractivity contribution in [1.29, 1.82) is 0 Å². The molecule has 106 valence electrons. The van der Waals surface area contributed by atoms with Crippen LogP contribution in [0.5, 0.6) is 0 Å². The number of fused-ring (bicyclic) bond motifs is 3. The zero-order chi connectivity index (χ0) is 13.9. The smallest absolute Gasteiger partial charge is 0.141 e. The topological polar surface area (TPSA) is 29.0 Å². The Kier molecular flexibility index (Phi) is 3.04.